The minimum absolute atomic E-state index is 0.0600. The van der Waals surface area contributed by atoms with Crippen LogP contribution in [0.15, 0.2) is 42.5 Å². The lowest BCUT2D eigenvalue weighted by atomic mass is 10.2. The fourth-order valence-electron chi connectivity index (χ4n) is 1.72. The first-order valence-electron chi connectivity index (χ1n) is 6.31. The van der Waals surface area contributed by atoms with Crippen molar-refractivity contribution in [2.75, 3.05) is 11.9 Å². The highest BCUT2D eigenvalue weighted by Crippen LogP contribution is 2.27. The van der Waals surface area contributed by atoms with E-state index in [1.807, 2.05) is 22.6 Å². The van der Waals surface area contributed by atoms with Crippen molar-refractivity contribution >= 4 is 45.8 Å². The van der Waals surface area contributed by atoms with E-state index in [9.17, 15) is 18.0 Å². The van der Waals surface area contributed by atoms with E-state index in [4.69, 9.17) is 16.3 Å². The Hall–Kier alpha value is -1.48. The van der Waals surface area contributed by atoms with Gasteiger partial charge < -0.3 is 10.1 Å². The van der Waals surface area contributed by atoms with Gasteiger partial charge in [0, 0.05) is 8.59 Å². The number of ether oxygens (including phenoxy) is 1. The Bertz CT molecular complexity index is 722. The first kappa shape index (κ1) is 17.9. The Morgan fingerprint density at radius 3 is 2.61 bits per heavy atom. The minimum atomic E-state index is -4.46. The first-order valence-corrected chi connectivity index (χ1v) is 7.77. The number of hydrogen-bond acceptors (Lipinski definition) is 2. The number of amides is 1. The summed E-state index contributed by atoms with van der Waals surface area (Å²) in [6, 6.07) is 10.7. The molecule has 0 bridgehead atoms. The largest absolute Gasteiger partial charge is 0.482 e. The van der Waals surface area contributed by atoms with Crippen LogP contribution >= 0.6 is 34.2 Å². The molecule has 0 unspecified atom stereocenters. The van der Waals surface area contributed by atoms with Crippen molar-refractivity contribution in [3.05, 3.63) is 56.6 Å². The third-order valence-corrected chi connectivity index (χ3v) is 3.88. The molecule has 2 rings (SSSR count). The van der Waals surface area contributed by atoms with Crippen molar-refractivity contribution in [3.63, 3.8) is 0 Å². The lowest BCUT2D eigenvalue weighted by Crippen LogP contribution is -2.20. The highest BCUT2D eigenvalue weighted by Gasteiger charge is 2.29. The summed E-state index contributed by atoms with van der Waals surface area (Å²) in [7, 11) is 0. The summed E-state index contributed by atoms with van der Waals surface area (Å²) >= 11 is 7.83. The molecular weight excluding hydrogens is 446 g/mol. The first-order chi connectivity index (χ1) is 10.8. The fraction of sp³-hybridized carbons (Fsp3) is 0.133. The number of alkyl halides is 3. The maximum Gasteiger partial charge on any atom is 0.422 e. The van der Waals surface area contributed by atoms with Gasteiger partial charge in [-0.2, -0.15) is 13.2 Å². The van der Waals surface area contributed by atoms with Crippen LogP contribution in [-0.2, 0) is 0 Å². The van der Waals surface area contributed by atoms with Gasteiger partial charge in [-0.1, -0.05) is 23.7 Å². The van der Waals surface area contributed by atoms with Gasteiger partial charge >= 0.3 is 6.18 Å². The highest BCUT2D eigenvalue weighted by atomic mass is 127. The zero-order valence-electron chi connectivity index (χ0n) is 11.5. The summed E-state index contributed by atoms with van der Waals surface area (Å²) in [6.07, 6.45) is -4.46. The monoisotopic (exact) mass is 455 g/mol. The molecule has 122 valence electrons. The molecule has 1 N–H and O–H groups in total. The molecule has 0 saturated heterocycles. The second-order valence-electron chi connectivity index (χ2n) is 4.48. The van der Waals surface area contributed by atoms with Crippen LogP contribution in [0.25, 0.3) is 0 Å². The van der Waals surface area contributed by atoms with Crippen molar-refractivity contribution in [1.82, 2.24) is 0 Å². The van der Waals surface area contributed by atoms with Crippen LogP contribution in [0.5, 0.6) is 5.75 Å². The van der Waals surface area contributed by atoms with Gasteiger partial charge in [0.2, 0.25) is 0 Å². The maximum absolute atomic E-state index is 12.3. The Balaban J connectivity index is 2.19. The summed E-state index contributed by atoms with van der Waals surface area (Å²) in [5, 5.41) is 2.92. The fourth-order valence-corrected chi connectivity index (χ4v) is 2.47. The highest BCUT2D eigenvalue weighted by molar-refractivity contribution is 14.1. The van der Waals surface area contributed by atoms with Crippen LogP contribution in [-0.4, -0.2) is 18.7 Å². The zero-order valence-corrected chi connectivity index (χ0v) is 14.4. The van der Waals surface area contributed by atoms with E-state index in [2.05, 4.69) is 5.32 Å². The van der Waals surface area contributed by atoms with Gasteiger partial charge in [-0.25, -0.2) is 0 Å². The van der Waals surface area contributed by atoms with E-state index in [0.29, 0.717) is 14.2 Å². The summed E-state index contributed by atoms with van der Waals surface area (Å²) in [5.41, 5.74) is 0.473. The Kier molecular flexibility index (Phi) is 5.74. The van der Waals surface area contributed by atoms with Crippen molar-refractivity contribution < 1.29 is 22.7 Å². The molecule has 0 aliphatic carbocycles. The smallest absolute Gasteiger partial charge is 0.422 e. The van der Waals surface area contributed by atoms with Gasteiger partial charge in [-0.3, -0.25) is 4.79 Å². The standard InChI is InChI=1S/C15H10ClF3INO2/c16-9-5-6-11(20)10(7-9)14(22)21-12-3-1-2-4-13(12)23-8-15(17,18)19/h1-7H,8H2,(H,21,22). The van der Waals surface area contributed by atoms with Crippen LogP contribution in [0, 0.1) is 3.57 Å². The topological polar surface area (TPSA) is 38.3 Å². The normalized spacial score (nSPS) is 11.2. The van der Waals surface area contributed by atoms with E-state index < -0.39 is 18.7 Å². The lowest BCUT2D eigenvalue weighted by molar-refractivity contribution is -0.153. The third kappa shape index (κ3) is 5.28. The minimum Gasteiger partial charge on any atom is -0.482 e. The molecule has 0 fully saturated rings. The molecule has 0 heterocycles. The molecule has 2 aromatic carbocycles. The van der Waals surface area contributed by atoms with Gasteiger partial charge in [-0.15, -0.1) is 0 Å². The molecule has 0 aliphatic rings. The summed E-state index contributed by atoms with van der Waals surface area (Å²) in [5.74, 6) is -0.546. The number of para-hydroxylation sites is 2. The van der Waals surface area contributed by atoms with Gasteiger partial charge in [0.15, 0.2) is 6.61 Å². The second-order valence-corrected chi connectivity index (χ2v) is 6.08. The number of hydrogen-bond donors (Lipinski definition) is 1. The molecule has 0 atom stereocenters. The molecule has 8 heteroatoms. The van der Waals surface area contributed by atoms with Crippen LogP contribution < -0.4 is 10.1 Å². The van der Waals surface area contributed by atoms with Crippen LogP contribution in [0.1, 0.15) is 10.4 Å². The number of nitrogens with one attached hydrogen (secondary N) is 1. The predicted molar refractivity (Wildman–Crippen MR) is 90.1 cm³/mol. The van der Waals surface area contributed by atoms with E-state index in [1.165, 1.54) is 24.3 Å². The molecule has 0 spiro atoms. The molecule has 1 amide bonds. The Morgan fingerprint density at radius 1 is 1.22 bits per heavy atom. The Morgan fingerprint density at radius 2 is 1.91 bits per heavy atom. The molecular formula is C15H10ClF3INO2. The van der Waals surface area contributed by atoms with Gasteiger partial charge in [-0.05, 0) is 52.9 Å². The van der Waals surface area contributed by atoms with E-state index in [1.54, 1.807) is 18.2 Å². The molecule has 0 aromatic heterocycles. The molecule has 23 heavy (non-hydrogen) atoms. The van der Waals surface area contributed by atoms with Crippen molar-refractivity contribution in [3.8, 4) is 5.75 Å². The van der Waals surface area contributed by atoms with Gasteiger partial charge in [0.1, 0.15) is 5.75 Å². The maximum atomic E-state index is 12.3. The SMILES string of the molecule is O=C(Nc1ccccc1OCC(F)(F)F)c1cc(Cl)ccc1I. The van der Waals surface area contributed by atoms with Crippen molar-refractivity contribution in [2.45, 2.75) is 6.18 Å². The summed E-state index contributed by atoms with van der Waals surface area (Å²) in [6.45, 7) is -1.44. The molecule has 3 nitrogen and oxygen atoms in total. The predicted octanol–water partition coefficient (Wildman–Crippen LogP) is 5.14. The third-order valence-electron chi connectivity index (χ3n) is 2.70. The summed E-state index contributed by atoms with van der Waals surface area (Å²) < 4.78 is 42.2. The second kappa shape index (κ2) is 7.39. The number of anilines is 1. The number of benzene rings is 2. The molecule has 0 aliphatic heterocycles. The van der Waals surface area contributed by atoms with Crippen LogP contribution in [0.4, 0.5) is 18.9 Å². The van der Waals surface area contributed by atoms with E-state index in [-0.39, 0.29) is 11.4 Å². The van der Waals surface area contributed by atoms with E-state index in [0.717, 1.165) is 0 Å². The average Bonchev–Trinajstić information content (AvgIpc) is 2.48. The molecule has 0 saturated carbocycles. The molecule has 2 aromatic rings. The zero-order chi connectivity index (χ0) is 17.0. The number of rotatable bonds is 4. The Labute approximate surface area is 148 Å². The van der Waals surface area contributed by atoms with Crippen molar-refractivity contribution in [1.29, 1.82) is 0 Å². The summed E-state index contributed by atoms with van der Waals surface area (Å²) in [4.78, 5) is 12.3. The number of carbonyl (C=O) groups is 1. The molecule has 0 radical (unpaired) electrons. The van der Waals surface area contributed by atoms with Gasteiger partial charge in [0.05, 0.1) is 11.3 Å². The van der Waals surface area contributed by atoms with E-state index >= 15 is 0 Å². The van der Waals surface area contributed by atoms with Crippen LogP contribution in [0.3, 0.4) is 0 Å². The number of halogens is 5. The van der Waals surface area contributed by atoms with Gasteiger partial charge in [0.25, 0.3) is 5.91 Å². The van der Waals surface area contributed by atoms with Crippen LogP contribution in [0.2, 0.25) is 5.02 Å². The lowest BCUT2D eigenvalue weighted by Gasteiger charge is -2.14. The van der Waals surface area contributed by atoms with Crippen molar-refractivity contribution in [2.24, 2.45) is 0 Å². The quantitative estimate of drug-likeness (QED) is 0.649. The number of carbonyl (C=O) groups excluding carboxylic acids is 1. The average molecular weight is 456 g/mol.